The minimum Gasteiger partial charge on any atom is -0.356 e. The molecule has 0 fully saturated rings. The van der Waals surface area contributed by atoms with Crippen molar-refractivity contribution >= 4 is 41.5 Å². The molecule has 0 amide bonds. The van der Waals surface area contributed by atoms with Gasteiger partial charge in [-0.1, -0.05) is 23.7 Å². The van der Waals surface area contributed by atoms with Gasteiger partial charge in [-0.3, -0.25) is 4.99 Å². The molecule has 0 aliphatic heterocycles. The first kappa shape index (κ1) is 21.1. The number of nitrogens with zero attached hydrogens (tertiary/aromatic N) is 3. The number of guanidine groups is 1. The predicted molar refractivity (Wildman–Crippen MR) is 108 cm³/mol. The second kappa shape index (κ2) is 10.8. The van der Waals surface area contributed by atoms with E-state index in [1.807, 2.05) is 12.1 Å². The van der Waals surface area contributed by atoms with Crippen LogP contribution in [0, 0.1) is 17.1 Å². The van der Waals surface area contributed by atoms with Crippen LogP contribution in [0.25, 0.3) is 0 Å². The van der Waals surface area contributed by atoms with Crippen LogP contribution < -0.4 is 10.6 Å². The number of pyridine rings is 1. The number of hydrogen-bond acceptors (Lipinski definition) is 3. The Labute approximate surface area is 168 Å². The van der Waals surface area contributed by atoms with Crippen LogP contribution in [0.1, 0.15) is 16.7 Å². The summed E-state index contributed by atoms with van der Waals surface area (Å²) in [5, 5.41) is 15.4. The van der Waals surface area contributed by atoms with Gasteiger partial charge in [-0.05, 0) is 30.2 Å². The molecule has 0 atom stereocenters. The van der Waals surface area contributed by atoms with Gasteiger partial charge in [0.2, 0.25) is 0 Å². The van der Waals surface area contributed by atoms with E-state index in [2.05, 4.69) is 20.6 Å². The van der Waals surface area contributed by atoms with Crippen LogP contribution in [0.2, 0.25) is 5.15 Å². The average molecular weight is 474 g/mol. The highest BCUT2D eigenvalue weighted by molar-refractivity contribution is 14.0. The second-order valence-electron chi connectivity index (χ2n) is 5.01. The Bertz CT molecular complexity index is 759. The fourth-order valence-electron chi connectivity index (χ4n) is 2.04. The summed E-state index contributed by atoms with van der Waals surface area (Å²) in [5.74, 6) is 0.157. The van der Waals surface area contributed by atoms with E-state index >= 15 is 0 Å². The number of rotatable bonds is 5. The van der Waals surface area contributed by atoms with Crippen LogP contribution >= 0.6 is 35.6 Å². The molecule has 0 spiro atoms. The zero-order valence-electron chi connectivity index (χ0n) is 13.6. The van der Waals surface area contributed by atoms with Crippen LogP contribution in [0.4, 0.5) is 4.39 Å². The number of halogens is 3. The number of aliphatic imine (C=N–C) groups is 1. The molecule has 0 saturated carbocycles. The van der Waals surface area contributed by atoms with E-state index in [1.165, 1.54) is 6.07 Å². The Morgan fingerprint density at radius 2 is 2.12 bits per heavy atom. The van der Waals surface area contributed by atoms with E-state index < -0.39 is 5.82 Å². The highest BCUT2D eigenvalue weighted by Gasteiger charge is 2.05. The SMILES string of the molecule is CN=C(NCCc1ccc(Cl)nc1)NCc1ccc(C#N)cc1F.I. The minimum atomic E-state index is -0.413. The van der Waals surface area contributed by atoms with Crippen molar-refractivity contribution in [1.29, 1.82) is 5.26 Å². The van der Waals surface area contributed by atoms with Crippen molar-refractivity contribution in [3.8, 4) is 6.07 Å². The first-order chi connectivity index (χ1) is 11.6. The van der Waals surface area contributed by atoms with Gasteiger partial charge in [0.1, 0.15) is 11.0 Å². The lowest BCUT2D eigenvalue weighted by atomic mass is 10.1. The Morgan fingerprint density at radius 3 is 2.72 bits per heavy atom. The van der Waals surface area contributed by atoms with Crippen LogP contribution in [-0.2, 0) is 13.0 Å². The number of aromatic nitrogens is 1. The molecule has 2 rings (SSSR count). The van der Waals surface area contributed by atoms with Gasteiger partial charge >= 0.3 is 0 Å². The lowest BCUT2D eigenvalue weighted by Crippen LogP contribution is -2.38. The average Bonchev–Trinajstić information content (AvgIpc) is 2.60. The monoisotopic (exact) mass is 473 g/mol. The lowest BCUT2D eigenvalue weighted by molar-refractivity contribution is 0.604. The molecule has 0 radical (unpaired) electrons. The van der Waals surface area contributed by atoms with Crippen molar-refractivity contribution in [1.82, 2.24) is 15.6 Å². The molecule has 1 aromatic carbocycles. The zero-order chi connectivity index (χ0) is 17.4. The molecule has 0 aliphatic carbocycles. The summed E-state index contributed by atoms with van der Waals surface area (Å²) >= 11 is 5.75. The topological polar surface area (TPSA) is 73.1 Å². The summed E-state index contributed by atoms with van der Waals surface area (Å²) in [4.78, 5) is 8.12. The van der Waals surface area contributed by atoms with Crippen molar-refractivity contribution in [2.24, 2.45) is 4.99 Å². The number of benzene rings is 1. The van der Waals surface area contributed by atoms with Crippen molar-refractivity contribution in [2.45, 2.75) is 13.0 Å². The molecule has 2 aromatic rings. The van der Waals surface area contributed by atoms with Crippen LogP contribution in [0.15, 0.2) is 41.5 Å². The molecule has 1 aromatic heterocycles. The van der Waals surface area contributed by atoms with Crippen molar-refractivity contribution in [3.63, 3.8) is 0 Å². The number of nitriles is 1. The van der Waals surface area contributed by atoms with E-state index in [9.17, 15) is 4.39 Å². The third-order valence-electron chi connectivity index (χ3n) is 3.35. The minimum absolute atomic E-state index is 0. The van der Waals surface area contributed by atoms with Crippen molar-refractivity contribution < 1.29 is 4.39 Å². The van der Waals surface area contributed by atoms with Gasteiger partial charge in [-0.15, -0.1) is 24.0 Å². The molecule has 132 valence electrons. The maximum absolute atomic E-state index is 13.8. The molecule has 0 aliphatic rings. The Balaban J connectivity index is 0.00000312. The highest BCUT2D eigenvalue weighted by atomic mass is 127. The molecule has 0 bridgehead atoms. The second-order valence-corrected chi connectivity index (χ2v) is 5.40. The van der Waals surface area contributed by atoms with Gasteiger partial charge in [-0.25, -0.2) is 9.37 Å². The first-order valence-corrected chi connectivity index (χ1v) is 7.73. The van der Waals surface area contributed by atoms with Crippen molar-refractivity contribution in [2.75, 3.05) is 13.6 Å². The molecule has 2 N–H and O–H groups in total. The fourth-order valence-corrected chi connectivity index (χ4v) is 2.15. The smallest absolute Gasteiger partial charge is 0.191 e. The molecule has 1 heterocycles. The Morgan fingerprint density at radius 1 is 1.32 bits per heavy atom. The van der Waals surface area contributed by atoms with E-state index in [0.29, 0.717) is 28.8 Å². The van der Waals surface area contributed by atoms with Gasteiger partial charge in [0.05, 0.1) is 11.6 Å². The third kappa shape index (κ3) is 6.84. The summed E-state index contributed by atoms with van der Waals surface area (Å²) in [6, 6.07) is 9.97. The number of nitrogens with one attached hydrogen (secondary N) is 2. The fraction of sp³-hybridized carbons (Fsp3) is 0.235. The molecule has 0 saturated heterocycles. The molecular formula is C17H18ClFIN5. The summed E-state index contributed by atoms with van der Waals surface area (Å²) in [7, 11) is 1.65. The molecular weight excluding hydrogens is 456 g/mol. The van der Waals surface area contributed by atoms with Gasteiger partial charge in [0.15, 0.2) is 5.96 Å². The summed E-state index contributed by atoms with van der Waals surface area (Å²) in [6.07, 6.45) is 2.49. The molecule has 8 heteroatoms. The Kier molecular flexibility index (Phi) is 9.16. The normalized spacial score (nSPS) is 10.6. The summed E-state index contributed by atoms with van der Waals surface area (Å²) in [6.45, 7) is 0.929. The van der Waals surface area contributed by atoms with E-state index in [1.54, 1.807) is 31.4 Å². The Hall–Kier alpha value is -1.92. The van der Waals surface area contributed by atoms with Crippen molar-refractivity contribution in [3.05, 3.63) is 64.2 Å². The zero-order valence-corrected chi connectivity index (χ0v) is 16.7. The predicted octanol–water partition coefficient (Wildman–Crippen LogP) is 3.27. The molecule has 5 nitrogen and oxygen atoms in total. The highest BCUT2D eigenvalue weighted by Crippen LogP contribution is 2.09. The standard InChI is InChI=1S/C17H17ClFN5.HI/c1-21-17(22-7-6-12-3-5-16(18)23-10-12)24-11-14-4-2-13(9-20)8-15(14)19;/h2-5,8,10H,6-7,11H2,1H3,(H2,21,22,24);1H. The summed E-state index contributed by atoms with van der Waals surface area (Å²) in [5.41, 5.74) is 1.83. The quantitative estimate of drug-likeness (QED) is 0.303. The largest absolute Gasteiger partial charge is 0.356 e. The first-order valence-electron chi connectivity index (χ1n) is 7.36. The molecule has 25 heavy (non-hydrogen) atoms. The van der Waals surface area contributed by atoms with Gasteiger partial charge < -0.3 is 10.6 Å². The molecule has 0 unspecified atom stereocenters. The van der Waals surface area contributed by atoms with Crippen LogP contribution in [-0.4, -0.2) is 24.5 Å². The van der Waals surface area contributed by atoms with Gasteiger partial charge in [-0.2, -0.15) is 5.26 Å². The van der Waals surface area contributed by atoms with Gasteiger partial charge in [0.25, 0.3) is 0 Å². The maximum atomic E-state index is 13.8. The van der Waals surface area contributed by atoms with Crippen LogP contribution in [0.3, 0.4) is 0 Å². The van der Waals surface area contributed by atoms with E-state index in [-0.39, 0.29) is 30.5 Å². The summed E-state index contributed by atoms with van der Waals surface area (Å²) < 4.78 is 13.8. The van der Waals surface area contributed by atoms with E-state index in [0.717, 1.165) is 12.0 Å². The van der Waals surface area contributed by atoms with Gasteiger partial charge in [0, 0.05) is 31.9 Å². The van der Waals surface area contributed by atoms with E-state index in [4.69, 9.17) is 16.9 Å². The number of hydrogen-bond donors (Lipinski definition) is 2. The van der Waals surface area contributed by atoms with Crippen LogP contribution in [0.5, 0.6) is 0 Å². The third-order valence-corrected chi connectivity index (χ3v) is 3.57. The maximum Gasteiger partial charge on any atom is 0.191 e. The lowest BCUT2D eigenvalue weighted by Gasteiger charge is -2.12.